The molecule has 1 heterocycles. The molecule has 0 bridgehead atoms. The molecule has 0 atom stereocenters. The Hall–Kier alpha value is -2.59. The number of nitrogens with one attached hydrogen (secondary N) is 1. The summed E-state index contributed by atoms with van der Waals surface area (Å²) in [6.07, 6.45) is 1.74. The molecule has 1 N–H and O–H groups in total. The van der Waals surface area contributed by atoms with Crippen molar-refractivity contribution < 1.29 is 4.42 Å². The van der Waals surface area contributed by atoms with Gasteiger partial charge in [0.1, 0.15) is 6.26 Å². The van der Waals surface area contributed by atoms with Crippen LogP contribution in [0, 0.1) is 0 Å². The second kappa shape index (κ2) is 8.31. The number of oxazole rings is 1. The first-order valence-corrected chi connectivity index (χ1v) is 8.33. The lowest BCUT2D eigenvalue weighted by Gasteiger charge is -2.21. The number of nitrogens with zero attached hydrogens (tertiary/aromatic N) is 2. The third kappa shape index (κ3) is 4.46. The van der Waals surface area contributed by atoms with Crippen molar-refractivity contribution in [3.8, 4) is 0 Å². The lowest BCUT2D eigenvalue weighted by Crippen LogP contribution is -2.22. The maximum Gasteiger partial charge on any atom is 0.298 e. The molecule has 0 fully saturated rings. The molecule has 4 heteroatoms. The van der Waals surface area contributed by atoms with E-state index in [0.717, 1.165) is 31.9 Å². The quantitative estimate of drug-likeness (QED) is 0.681. The van der Waals surface area contributed by atoms with Gasteiger partial charge in [0.25, 0.3) is 6.01 Å². The van der Waals surface area contributed by atoms with Gasteiger partial charge >= 0.3 is 0 Å². The van der Waals surface area contributed by atoms with Crippen LogP contribution in [0.15, 0.2) is 71.3 Å². The molecule has 2 aromatic carbocycles. The molecule has 24 heavy (non-hydrogen) atoms. The monoisotopic (exact) mass is 321 g/mol. The fourth-order valence-electron chi connectivity index (χ4n) is 2.57. The fraction of sp³-hybridized carbons (Fsp3) is 0.250. The number of hydrogen-bond acceptors (Lipinski definition) is 4. The standard InChI is InChI=1S/C20H23N3O/c1-2-21-13-19-16-24-20(22-19)23(14-17-9-5-3-6-10-17)15-18-11-7-4-8-12-18/h3-12,16,21H,2,13-15H2,1H3. The first-order chi connectivity index (χ1) is 11.8. The Morgan fingerprint density at radius 3 is 2.04 bits per heavy atom. The molecule has 0 amide bonds. The molecule has 0 radical (unpaired) electrons. The fourth-order valence-corrected chi connectivity index (χ4v) is 2.57. The van der Waals surface area contributed by atoms with Crippen molar-refractivity contribution in [1.29, 1.82) is 0 Å². The van der Waals surface area contributed by atoms with Crippen molar-refractivity contribution in [1.82, 2.24) is 10.3 Å². The normalized spacial score (nSPS) is 10.7. The first-order valence-electron chi connectivity index (χ1n) is 8.33. The largest absolute Gasteiger partial charge is 0.432 e. The van der Waals surface area contributed by atoms with Gasteiger partial charge in [-0.3, -0.25) is 0 Å². The number of hydrogen-bond donors (Lipinski definition) is 1. The molecule has 0 spiro atoms. The highest BCUT2D eigenvalue weighted by Gasteiger charge is 2.14. The van der Waals surface area contributed by atoms with E-state index in [0.29, 0.717) is 6.01 Å². The lowest BCUT2D eigenvalue weighted by molar-refractivity contribution is 0.528. The number of rotatable bonds is 8. The van der Waals surface area contributed by atoms with Crippen LogP contribution < -0.4 is 10.2 Å². The molecule has 4 nitrogen and oxygen atoms in total. The maximum atomic E-state index is 5.74. The summed E-state index contributed by atoms with van der Waals surface area (Å²) in [5.41, 5.74) is 3.40. The highest BCUT2D eigenvalue weighted by atomic mass is 16.4. The zero-order valence-electron chi connectivity index (χ0n) is 14.0. The van der Waals surface area contributed by atoms with Crippen LogP contribution in [0.1, 0.15) is 23.7 Å². The van der Waals surface area contributed by atoms with E-state index in [4.69, 9.17) is 4.42 Å². The summed E-state index contributed by atoms with van der Waals surface area (Å²) < 4.78 is 5.74. The Balaban J connectivity index is 1.79. The van der Waals surface area contributed by atoms with Crippen molar-refractivity contribution in [2.75, 3.05) is 11.4 Å². The van der Waals surface area contributed by atoms with E-state index in [1.54, 1.807) is 6.26 Å². The molecule has 0 saturated carbocycles. The van der Waals surface area contributed by atoms with Gasteiger partial charge in [-0.25, -0.2) is 0 Å². The van der Waals surface area contributed by atoms with E-state index >= 15 is 0 Å². The zero-order chi connectivity index (χ0) is 16.6. The first kappa shape index (κ1) is 16.3. The third-order valence-corrected chi connectivity index (χ3v) is 3.80. The second-order valence-corrected chi connectivity index (χ2v) is 5.73. The van der Waals surface area contributed by atoms with E-state index in [1.807, 2.05) is 12.1 Å². The predicted molar refractivity (Wildman–Crippen MR) is 96.7 cm³/mol. The number of benzene rings is 2. The van der Waals surface area contributed by atoms with Crippen molar-refractivity contribution in [2.45, 2.75) is 26.6 Å². The van der Waals surface area contributed by atoms with E-state index < -0.39 is 0 Å². The number of anilines is 1. The van der Waals surface area contributed by atoms with E-state index in [2.05, 4.69) is 70.7 Å². The Bertz CT molecular complexity index is 683. The summed E-state index contributed by atoms with van der Waals surface area (Å²) in [5.74, 6) is 0. The second-order valence-electron chi connectivity index (χ2n) is 5.73. The van der Waals surface area contributed by atoms with Crippen molar-refractivity contribution >= 4 is 6.01 Å². The van der Waals surface area contributed by atoms with Gasteiger partial charge in [-0.1, -0.05) is 67.6 Å². The van der Waals surface area contributed by atoms with Crippen molar-refractivity contribution in [3.05, 3.63) is 83.7 Å². The molecule has 124 valence electrons. The van der Waals surface area contributed by atoms with E-state index in [9.17, 15) is 0 Å². The van der Waals surface area contributed by atoms with Gasteiger partial charge in [-0.2, -0.15) is 4.98 Å². The molecule has 0 unspecified atom stereocenters. The summed E-state index contributed by atoms with van der Waals surface area (Å²) in [6.45, 7) is 5.25. The van der Waals surface area contributed by atoms with Crippen LogP contribution in [0.5, 0.6) is 0 Å². The van der Waals surface area contributed by atoms with E-state index in [1.165, 1.54) is 11.1 Å². The van der Waals surface area contributed by atoms with Crippen LogP contribution in [-0.4, -0.2) is 11.5 Å². The van der Waals surface area contributed by atoms with Crippen LogP contribution in [0.4, 0.5) is 6.01 Å². The average Bonchev–Trinajstić information content (AvgIpc) is 3.10. The SMILES string of the molecule is CCNCc1coc(N(Cc2ccccc2)Cc2ccccc2)n1. The highest BCUT2D eigenvalue weighted by molar-refractivity contribution is 5.33. The molecule has 3 rings (SSSR count). The topological polar surface area (TPSA) is 41.3 Å². The van der Waals surface area contributed by atoms with Gasteiger partial charge in [0, 0.05) is 19.6 Å². The number of aromatic nitrogens is 1. The van der Waals surface area contributed by atoms with E-state index in [-0.39, 0.29) is 0 Å². The van der Waals surface area contributed by atoms with Crippen LogP contribution in [-0.2, 0) is 19.6 Å². The molecule has 0 aliphatic rings. The van der Waals surface area contributed by atoms with Crippen LogP contribution in [0.2, 0.25) is 0 Å². The van der Waals surface area contributed by atoms with Crippen molar-refractivity contribution in [3.63, 3.8) is 0 Å². The Kier molecular flexibility index (Phi) is 5.64. The molecule has 3 aromatic rings. The minimum Gasteiger partial charge on any atom is -0.432 e. The van der Waals surface area contributed by atoms with Gasteiger partial charge in [-0.15, -0.1) is 0 Å². The predicted octanol–water partition coefficient (Wildman–Crippen LogP) is 3.99. The minimum absolute atomic E-state index is 0.663. The summed E-state index contributed by atoms with van der Waals surface area (Å²) in [7, 11) is 0. The Morgan fingerprint density at radius 2 is 1.50 bits per heavy atom. The molecule has 0 aliphatic carbocycles. The molecule has 0 aliphatic heterocycles. The van der Waals surface area contributed by atoms with Gasteiger partial charge in [-0.05, 0) is 17.7 Å². The van der Waals surface area contributed by atoms with Gasteiger partial charge in [0.05, 0.1) is 5.69 Å². The van der Waals surface area contributed by atoms with Crippen LogP contribution in [0.3, 0.4) is 0 Å². The van der Waals surface area contributed by atoms with Gasteiger partial charge in [0.15, 0.2) is 0 Å². The summed E-state index contributed by atoms with van der Waals surface area (Å²) in [4.78, 5) is 6.80. The minimum atomic E-state index is 0.663. The summed E-state index contributed by atoms with van der Waals surface area (Å²) in [5, 5.41) is 3.28. The highest BCUT2D eigenvalue weighted by Crippen LogP contribution is 2.20. The van der Waals surface area contributed by atoms with Crippen molar-refractivity contribution in [2.24, 2.45) is 0 Å². The zero-order valence-corrected chi connectivity index (χ0v) is 14.0. The molecule has 0 saturated heterocycles. The Labute approximate surface area is 143 Å². The average molecular weight is 321 g/mol. The van der Waals surface area contributed by atoms with Gasteiger partial charge in [0.2, 0.25) is 0 Å². The smallest absolute Gasteiger partial charge is 0.298 e. The molecular formula is C20H23N3O. The van der Waals surface area contributed by atoms with Gasteiger partial charge < -0.3 is 14.6 Å². The van der Waals surface area contributed by atoms with Crippen LogP contribution in [0.25, 0.3) is 0 Å². The molecule has 1 aromatic heterocycles. The Morgan fingerprint density at radius 1 is 0.917 bits per heavy atom. The summed E-state index contributed by atoms with van der Waals surface area (Å²) >= 11 is 0. The molecular weight excluding hydrogens is 298 g/mol. The van der Waals surface area contributed by atoms with Crippen LogP contribution >= 0.6 is 0 Å². The third-order valence-electron chi connectivity index (χ3n) is 3.80. The lowest BCUT2D eigenvalue weighted by atomic mass is 10.2. The summed E-state index contributed by atoms with van der Waals surface area (Å²) in [6, 6.07) is 21.5. The maximum absolute atomic E-state index is 5.74.